The van der Waals surface area contributed by atoms with Crippen molar-refractivity contribution in [1.29, 1.82) is 0 Å². The van der Waals surface area contributed by atoms with Gasteiger partial charge >= 0.3 is 17.9 Å². The first-order valence-electron chi connectivity index (χ1n) is 27.6. The first-order chi connectivity index (χ1) is 39.2. The van der Waals surface area contributed by atoms with Gasteiger partial charge in [0.25, 0.3) is 5.56 Å². The number of halogens is 1. The van der Waals surface area contributed by atoms with Crippen LogP contribution >= 0.6 is 0 Å². The minimum absolute atomic E-state index is 0.0191. The van der Waals surface area contributed by atoms with Gasteiger partial charge < -0.3 is 50.7 Å². The number of aromatic amines is 1. The molecule has 11 rings (SSSR count). The lowest BCUT2D eigenvalue weighted by molar-refractivity contribution is -0.191. The van der Waals surface area contributed by atoms with Gasteiger partial charge in [-0.1, -0.05) is 51.9 Å². The number of carbonyl (C=O) groups excluding carboxylic acids is 4. The van der Waals surface area contributed by atoms with E-state index in [1.165, 1.54) is 27.6 Å². The van der Waals surface area contributed by atoms with Crippen molar-refractivity contribution < 1.29 is 48.4 Å². The maximum absolute atomic E-state index is 15.3. The third-order valence-electron chi connectivity index (χ3n) is 16.6. The molecule has 2 amide bonds. The molecular weight excluding hydrogens is 1060 g/mol. The van der Waals surface area contributed by atoms with E-state index in [0.717, 1.165) is 27.6 Å². The summed E-state index contributed by atoms with van der Waals surface area (Å²) < 4.78 is 30.2. The normalized spacial score (nSPS) is 18.5. The van der Waals surface area contributed by atoms with E-state index < -0.39 is 64.8 Å². The predicted octanol–water partition coefficient (Wildman–Crippen LogP) is 4.92. The zero-order valence-electron chi connectivity index (χ0n) is 46.4. The van der Waals surface area contributed by atoms with Gasteiger partial charge in [0.05, 0.1) is 58.8 Å². The van der Waals surface area contributed by atoms with Gasteiger partial charge in [0.2, 0.25) is 17.4 Å². The highest BCUT2D eigenvalue weighted by molar-refractivity contribution is 5.95. The number of aryl methyl sites for hydroxylation is 1. The summed E-state index contributed by atoms with van der Waals surface area (Å²) in [4.78, 5) is 87.8. The zero-order valence-corrected chi connectivity index (χ0v) is 46.4. The summed E-state index contributed by atoms with van der Waals surface area (Å²) in [6, 6.07) is 10.1. The summed E-state index contributed by atoms with van der Waals surface area (Å²) >= 11 is 0. The second-order valence-corrected chi connectivity index (χ2v) is 22.4. The van der Waals surface area contributed by atoms with Crippen LogP contribution in [0.1, 0.15) is 110 Å². The number of cyclic esters (lactones) is 1. The SMILES string of the molecule is CC[C@@]1(OC(=O)[C@H](NC(=O)[C@H](Cc2c[nH]cn2)NC(=O)CN2CCN(Cc3ccc(-n4c(O)nnc4-c4cc(C(C)C)c(O)cc4O)cc3)CC2)C(C)C)C(=O)OCc2c1cc1n(c2=O)Cc2c-1nc1cc(F)c(C)c3c1c2[C@@H](N)CC3. The van der Waals surface area contributed by atoms with Crippen LogP contribution in [0.25, 0.3) is 39.4 Å². The number of aromatic hydroxyl groups is 3. The number of phenols is 2. The van der Waals surface area contributed by atoms with Crippen molar-refractivity contribution in [2.75, 3.05) is 32.7 Å². The number of ether oxygens (including phenoxy) is 2. The number of amides is 2. The number of aromatic nitrogens is 7. The van der Waals surface area contributed by atoms with Crippen LogP contribution in [0.5, 0.6) is 17.5 Å². The lowest BCUT2D eigenvalue weighted by Gasteiger charge is -2.37. The molecule has 0 unspecified atom stereocenters. The van der Waals surface area contributed by atoms with Crippen molar-refractivity contribution in [3.8, 4) is 46.0 Å². The molecule has 1 fully saturated rings. The third kappa shape index (κ3) is 9.88. The maximum Gasteiger partial charge on any atom is 0.355 e. The van der Waals surface area contributed by atoms with Gasteiger partial charge in [0, 0.05) is 80.0 Å². The monoisotopic (exact) mass is 1120 g/mol. The van der Waals surface area contributed by atoms with Crippen LogP contribution in [0.4, 0.5) is 4.39 Å². The van der Waals surface area contributed by atoms with E-state index in [1.807, 2.05) is 43.0 Å². The molecule has 3 aromatic carbocycles. The van der Waals surface area contributed by atoms with Gasteiger partial charge in [-0.05, 0) is 90.1 Å². The molecule has 8 N–H and O–H groups in total. The number of hydrogen-bond donors (Lipinski definition) is 7. The molecule has 428 valence electrons. The molecule has 3 aliphatic heterocycles. The van der Waals surface area contributed by atoms with Crippen LogP contribution < -0.4 is 21.9 Å². The van der Waals surface area contributed by atoms with Crippen LogP contribution in [-0.2, 0) is 66.8 Å². The van der Waals surface area contributed by atoms with Crippen LogP contribution in [0.3, 0.4) is 0 Å². The lowest BCUT2D eigenvalue weighted by Crippen LogP contribution is -2.57. The van der Waals surface area contributed by atoms with E-state index in [1.54, 1.807) is 46.0 Å². The number of H-pyrrole nitrogens is 1. The van der Waals surface area contributed by atoms with Crippen molar-refractivity contribution in [3.63, 3.8) is 0 Å². The van der Waals surface area contributed by atoms with Gasteiger partial charge in [-0.15, -0.1) is 5.10 Å². The van der Waals surface area contributed by atoms with Gasteiger partial charge in [0.15, 0.2) is 5.82 Å². The molecule has 4 atom stereocenters. The topological polar surface area (TPSA) is 298 Å². The molecule has 22 nitrogen and oxygen atoms in total. The summed E-state index contributed by atoms with van der Waals surface area (Å²) in [6.07, 6.45) is 4.05. The zero-order chi connectivity index (χ0) is 58.1. The summed E-state index contributed by atoms with van der Waals surface area (Å²) in [6.45, 7) is 13.3. The van der Waals surface area contributed by atoms with E-state index in [9.17, 15) is 39.3 Å². The molecule has 0 spiro atoms. The van der Waals surface area contributed by atoms with Crippen molar-refractivity contribution in [1.82, 2.24) is 54.7 Å². The quantitative estimate of drug-likeness (QED) is 0.0632. The number of esters is 2. The number of nitrogens with one attached hydrogen (secondary N) is 3. The Morgan fingerprint density at radius 3 is 2.39 bits per heavy atom. The van der Waals surface area contributed by atoms with Gasteiger partial charge in [-0.2, -0.15) is 0 Å². The number of pyridine rings is 2. The second kappa shape index (κ2) is 21.7. The third-order valence-corrected chi connectivity index (χ3v) is 16.6. The van der Waals surface area contributed by atoms with Gasteiger partial charge in [-0.3, -0.25) is 24.2 Å². The van der Waals surface area contributed by atoms with E-state index in [-0.39, 0.29) is 72.9 Å². The second-order valence-electron chi connectivity index (χ2n) is 22.4. The fraction of sp³-hybridized carbons (Fsp3) is 0.407. The predicted molar refractivity (Wildman–Crippen MR) is 297 cm³/mol. The molecule has 82 heavy (non-hydrogen) atoms. The minimum atomic E-state index is -2.11. The van der Waals surface area contributed by atoms with Crippen molar-refractivity contribution in [3.05, 3.63) is 127 Å². The number of imidazole rings is 1. The first kappa shape index (κ1) is 55.4. The van der Waals surface area contributed by atoms with Crippen molar-refractivity contribution in [2.45, 2.75) is 117 Å². The summed E-state index contributed by atoms with van der Waals surface area (Å²) in [7, 11) is 0. The Kier molecular flexibility index (Phi) is 14.7. The van der Waals surface area contributed by atoms with E-state index >= 15 is 4.39 Å². The van der Waals surface area contributed by atoms with Crippen LogP contribution in [0, 0.1) is 18.7 Å². The van der Waals surface area contributed by atoms with Crippen molar-refractivity contribution in [2.24, 2.45) is 11.7 Å². The van der Waals surface area contributed by atoms with Crippen molar-refractivity contribution >= 4 is 34.7 Å². The van der Waals surface area contributed by atoms with E-state index in [4.69, 9.17) is 20.2 Å². The maximum atomic E-state index is 15.3. The highest BCUT2D eigenvalue weighted by Crippen LogP contribution is 2.46. The number of piperazine rings is 1. The largest absolute Gasteiger partial charge is 0.508 e. The Balaban J connectivity index is 0.757. The number of nitrogens with two attached hydrogens (primary N) is 1. The highest BCUT2D eigenvalue weighted by atomic mass is 19.1. The Bertz CT molecular complexity index is 3760. The Morgan fingerprint density at radius 1 is 0.951 bits per heavy atom. The molecule has 4 aromatic heterocycles. The number of rotatable bonds is 16. The fourth-order valence-electron chi connectivity index (χ4n) is 12.0. The number of phenolic OH excluding ortho intramolecular Hbond substituents is 2. The minimum Gasteiger partial charge on any atom is -0.508 e. The number of hydrogen-bond acceptors (Lipinski definition) is 17. The van der Waals surface area contributed by atoms with Gasteiger partial charge in [-0.25, -0.2) is 28.5 Å². The van der Waals surface area contributed by atoms with Crippen LogP contribution in [-0.4, -0.2) is 128 Å². The fourth-order valence-corrected chi connectivity index (χ4v) is 12.0. The molecule has 1 aliphatic carbocycles. The average Bonchev–Trinajstić information content (AvgIpc) is 2.46. The van der Waals surface area contributed by atoms with E-state index in [2.05, 4.69) is 35.7 Å². The smallest absolute Gasteiger partial charge is 0.355 e. The molecule has 4 aliphatic rings. The summed E-state index contributed by atoms with van der Waals surface area (Å²) in [5.41, 5.74) is 11.5. The molecule has 1 saturated heterocycles. The van der Waals surface area contributed by atoms with E-state index in [0.29, 0.717) is 90.5 Å². The molecule has 0 radical (unpaired) electrons. The standard InChI is InChI=1S/C59H65FN12O10/c1-7-59(40-20-45-52-38(25-71(45)55(77)39(40)27-81-57(59)79)49-42(61)13-12-35-31(6)41(60)21-43(65-52)50(35)49)82-56(78)51(30(4)5)66-54(76)44(18-33-23-62-28-63-33)64-48(75)26-70-16-14-69(15-17-70)24-32-8-10-34(11-9-32)72-53(67-68-58(72)80)37-19-36(29(2)3)46(73)22-47(37)74/h8-11,19-23,28-30,42,44,51,73-74H,7,12-18,24-27,61H2,1-6H3,(H,62,63)(H,64,75)(H,66,76)(H,68,80)/t42-,44-,51+,59-/m0/s1. The highest BCUT2D eigenvalue weighted by Gasteiger charge is 2.52. The summed E-state index contributed by atoms with van der Waals surface area (Å²) in [5.74, 6) is -4.08. The molecule has 0 saturated carbocycles. The van der Waals surface area contributed by atoms with Gasteiger partial charge in [0.1, 0.15) is 36.0 Å². The number of benzene rings is 3. The first-order valence-corrected chi connectivity index (χ1v) is 27.6. The Labute approximate surface area is 470 Å². The molecule has 0 bridgehead atoms. The Morgan fingerprint density at radius 2 is 1.70 bits per heavy atom. The number of fused-ring (bicyclic) bond motifs is 5. The number of nitrogens with zero attached hydrogens (tertiary/aromatic N) is 8. The molecule has 7 aromatic rings. The van der Waals surface area contributed by atoms with Crippen LogP contribution in [0.15, 0.2) is 65.8 Å². The molecule has 7 heterocycles. The Hall–Kier alpha value is -8.54. The molecule has 23 heteroatoms. The average molecular weight is 1120 g/mol. The number of carbonyl (C=O) groups is 4. The molecular formula is C59H65FN12O10. The summed E-state index contributed by atoms with van der Waals surface area (Å²) in [5, 5.41) is 46.3. The lowest BCUT2D eigenvalue weighted by atomic mass is 9.82. The van der Waals surface area contributed by atoms with Crippen LogP contribution in [0.2, 0.25) is 0 Å².